The van der Waals surface area contributed by atoms with Crippen LogP contribution in [-0.4, -0.2) is 42.1 Å². The second-order valence-corrected chi connectivity index (χ2v) is 5.70. The van der Waals surface area contributed by atoms with E-state index in [9.17, 15) is 0 Å². The van der Waals surface area contributed by atoms with Gasteiger partial charge in [0.2, 0.25) is 0 Å². The molecule has 0 aliphatic heterocycles. The van der Waals surface area contributed by atoms with Gasteiger partial charge in [-0.1, -0.05) is 12.8 Å². The van der Waals surface area contributed by atoms with Gasteiger partial charge in [-0.15, -0.1) is 0 Å². The molecule has 0 saturated heterocycles. The molecule has 0 spiro atoms. The fourth-order valence-corrected chi connectivity index (χ4v) is 3.00. The zero-order chi connectivity index (χ0) is 10.6. The lowest BCUT2D eigenvalue weighted by Crippen LogP contribution is -2.49. The van der Waals surface area contributed by atoms with Crippen molar-refractivity contribution in [1.29, 1.82) is 0 Å². The molecule has 1 atom stereocenters. The van der Waals surface area contributed by atoms with Gasteiger partial charge in [0, 0.05) is 23.9 Å². The Hall–Kier alpha value is 0.270. The van der Waals surface area contributed by atoms with Gasteiger partial charge in [0.1, 0.15) is 0 Å². The van der Waals surface area contributed by atoms with E-state index in [2.05, 4.69) is 25.1 Å². The van der Waals surface area contributed by atoms with Gasteiger partial charge in [-0.25, -0.2) is 0 Å². The molecule has 0 aromatic heterocycles. The normalized spacial score (nSPS) is 22.9. The fourth-order valence-electron chi connectivity index (χ4n) is 2.26. The first-order valence-electron chi connectivity index (χ1n) is 5.55. The van der Waals surface area contributed by atoms with Crippen LogP contribution < -0.4 is 5.73 Å². The molecule has 3 heteroatoms. The molecular weight excluding hydrogens is 192 g/mol. The lowest BCUT2D eigenvalue weighted by Gasteiger charge is -2.33. The maximum atomic E-state index is 6.35. The van der Waals surface area contributed by atoms with Crippen molar-refractivity contribution >= 4 is 11.8 Å². The van der Waals surface area contributed by atoms with E-state index in [0.29, 0.717) is 6.04 Å². The van der Waals surface area contributed by atoms with Gasteiger partial charge in [-0.3, -0.25) is 0 Å². The van der Waals surface area contributed by atoms with Crippen LogP contribution in [0.25, 0.3) is 0 Å². The highest BCUT2D eigenvalue weighted by Gasteiger charge is 2.31. The average molecular weight is 216 g/mol. The van der Waals surface area contributed by atoms with Gasteiger partial charge in [-0.05, 0) is 33.1 Å². The molecule has 0 heterocycles. The third-order valence-corrected chi connectivity index (χ3v) is 4.14. The third kappa shape index (κ3) is 3.44. The van der Waals surface area contributed by atoms with E-state index in [1.807, 2.05) is 11.8 Å². The maximum Gasteiger partial charge on any atom is 0.0283 e. The van der Waals surface area contributed by atoms with Gasteiger partial charge in [-0.2, -0.15) is 11.8 Å². The molecule has 1 fully saturated rings. The van der Waals surface area contributed by atoms with E-state index in [4.69, 9.17) is 5.73 Å². The topological polar surface area (TPSA) is 29.3 Å². The number of nitrogens with two attached hydrogens (primary N) is 1. The van der Waals surface area contributed by atoms with Crippen molar-refractivity contribution in [2.24, 2.45) is 5.73 Å². The standard InChI is InChI=1S/C11H24N2S/c1-10(8-14-3)13(2)9-11(12)6-4-5-7-11/h10H,4-9,12H2,1-3H3. The molecule has 84 valence electrons. The highest BCUT2D eigenvalue weighted by Crippen LogP contribution is 2.28. The number of likely N-dealkylation sites (N-methyl/N-ethyl adjacent to an activating group) is 1. The van der Waals surface area contributed by atoms with Crippen molar-refractivity contribution in [3.05, 3.63) is 0 Å². The predicted molar refractivity (Wildman–Crippen MR) is 65.9 cm³/mol. The molecular formula is C11H24N2S. The third-order valence-electron chi connectivity index (χ3n) is 3.32. The van der Waals surface area contributed by atoms with Gasteiger partial charge in [0.05, 0.1) is 0 Å². The van der Waals surface area contributed by atoms with E-state index in [1.54, 1.807) is 0 Å². The summed E-state index contributed by atoms with van der Waals surface area (Å²) in [5, 5.41) is 0. The summed E-state index contributed by atoms with van der Waals surface area (Å²) in [5.74, 6) is 1.20. The average Bonchev–Trinajstić information content (AvgIpc) is 2.52. The van der Waals surface area contributed by atoms with E-state index in [-0.39, 0.29) is 5.54 Å². The quantitative estimate of drug-likeness (QED) is 0.761. The summed E-state index contributed by atoms with van der Waals surface area (Å²) in [6.07, 6.45) is 7.23. The molecule has 14 heavy (non-hydrogen) atoms. The summed E-state index contributed by atoms with van der Waals surface area (Å²) in [4.78, 5) is 2.42. The second-order valence-electron chi connectivity index (χ2n) is 4.79. The first-order valence-corrected chi connectivity index (χ1v) is 6.95. The van der Waals surface area contributed by atoms with Crippen molar-refractivity contribution in [3.63, 3.8) is 0 Å². The smallest absolute Gasteiger partial charge is 0.0283 e. The summed E-state index contributed by atoms with van der Waals surface area (Å²) in [6, 6.07) is 0.644. The van der Waals surface area contributed by atoms with Crippen molar-refractivity contribution in [2.45, 2.75) is 44.2 Å². The first-order chi connectivity index (χ1) is 6.57. The van der Waals surface area contributed by atoms with Crippen molar-refractivity contribution < 1.29 is 0 Å². The predicted octanol–water partition coefficient (Wildman–Crippen LogP) is 1.94. The van der Waals surface area contributed by atoms with E-state index < -0.39 is 0 Å². The molecule has 0 radical (unpaired) electrons. The fraction of sp³-hybridized carbons (Fsp3) is 1.00. The van der Waals surface area contributed by atoms with Crippen LogP contribution in [0, 0.1) is 0 Å². The molecule has 0 aromatic rings. The van der Waals surface area contributed by atoms with Crippen LogP contribution in [0.1, 0.15) is 32.6 Å². The van der Waals surface area contributed by atoms with Crippen LogP contribution in [-0.2, 0) is 0 Å². The Labute approximate surface area is 92.6 Å². The minimum atomic E-state index is 0.113. The van der Waals surface area contributed by atoms with Crippen LogP contribution >= 0.6 is 11.8 Å². The maximum absolute atomic E-state index is 6.35. The van der Waals surface area contributed by atoms with E-state index >= 15 is 0 Å². The summed E-state index contributed by atoms with van der Waals surface area (Å²) >= 11 is 1.91. The monoisotopic (exact) mass is 216 g/mol. The molecule has 0 bridgehead atoms. The Morgan fingerprint density at radius 1 is 1.43 bits per heavy atom. The molecule has 1 unspecified atom stereocenters. The van der Waals surface area contributed by atoms with Crippen molar-refractivity contribution in [2.75, 3.05) is 25.6 Å². The van der Waals surface area contributed by atoms with Gasteiger partial charge in [0.15, 0.2) is 0 Å². The zero-order valence-electron chi connectivity index (χ0n) is 9.75. The summed E-state index contributed by atoms with van der Waals surface area (Å²) in [5.41, 5.74) is 6.46. The van der Waals surface area contributed by atoms with Crippen molar-refractivity contribution in [3.8, 4) is 0 Å². The van der Waals surface area contributed by atoms with Gasteiger partial charge >= 0.3 is 0 Å². The van der Waals surface area contributed by atoms with E-state index in [1.165, 1.54) is 31.4 Å². The number of thioether (sulfide) groups is 1. The molecule has 2 N–H and O–H groups in total. The second kappa shape index (κ2) is 5.38. The van der Waals surface area contributed by atoms with Gasteiger partial charge < -0.3 is 10.6 Å². The number of hydrogen-bond acceptors (Lipinski definition) is 3. The molecule has 0 aromatic carbocycles. The van der Waals surface area contributed by atoms with E-state index in [0.717, 1.165) is 6.54 Å². The summed E-state index contributed by atoms with van der Waals surface area (Å²) in [7, 11) is 2.20. The summed E-state index contributed by atoms with van der Waals surface area (Å²) in [6.45, 7) is 3.35. The van der Waals surface area contributed by atoms with Crippen molar-refractivity contribution in [1.82, 2.24) is 4.90 Å². The van der Waals surface area contributed by atoms with Crippen LogP contribution in [0.5, 0.6) is 0 Å². The Morgan fingerprint density at radius 2 is 2.00 bits per heavy atom. The summed E-state index contributed by atoms with van der Waals surface area (Å²) < 4.78 is 0. The lowest BCUT2D eigenvalue weighted by molar-refractivity contribution is 0.211. The Bertz CT molecular complexity index is 167. The Morgan fingerprint density at radius 3 is 2.50 bits per heavy atom. The largest absolute Gasteiger partial charge is 0.324 e. The zero-order valence-corrected chi connectivity index (χ0v) is 10.6. The highest BCUT2D eigenvalue weighted by atomic mass is 32.2. The molecule has 2 nitrogen and oxygen atoms in total. The minimum Gasteiger partial charge on any atom is -0.324 e. The molecule has 1 aliphatic carbocycles. The van der Waals surface area contributed by atoms with Gasteiger partial charge in [0.25, 0.3) is 0 Å². The molecule has 1 aliphatic rings. The van der Waals surface area contributed by atoms with Crippen LogP contribution in [0.4, 0.5) is 0 Å². The Kier molecular flexibility index (Phi) is 4.74. The number of rotatable bonds is 5. The van der Waals surface area contributed by atoms with Crippen LogP contribution in [0.3, 0.4) is 0 Å². The lowest BCUT2D eigenvalue weighted by atomic mass is 9.98. The molecule has 1 rings (SSSR count). The van der Waals surface area contributed by atoms with Crippen LogP contribution in [0.15, 0.2) is 0 Å². The highest BCUT2D eigenvalue weighted by molar-refractivity contribution is 7.98. The van der Waals surface area contributed by atoms with Crippen LogP contribution in [0.2, 0.25) is 0 Å². The Balaban J connectivity index is 2.34. The first kappa shape index (κ1) is 12.3. The number of hydrogen-bond donors (Lipinski definition) is 1. The SMILES string of the molecule is CSCC(C)N(C)CC1(N)CCCC1. The molecule has 0 amide bonds. The minimum absolute atomic E-state index is 0.113. The molecule has 1 saturated carbocycles. The number of nitrogens with zero attached hydrogens (tertiary/aromatic N) is 1.